The van der Waals surface area contributed by atoms with E-state index in [9.17, 15) is 27.5 Å². The summed E-state index contributed by atoms with van der Waals surface area (Å²) < 4.78 is 59.0. The van der Waals surface area contributed by atoms with Crippen LogP contribution in [0.5, 0.6) is 5.75 Å². The van der Waals surface area contributed by atoms with E-state index in [0.29, 0.717) is 22.5 Å². The summed E-state index contributed by atoms with van der Waals surface area (Å²) in [5, 5.41) is 14.1. The molecule has 166 valence electrons. The molecule has 0 spiro atoms. The molecule has 0 radical (unpaired) electrons. The van der Waals surface area contributed by atoms with Crippen molar-refractivity contribution in [3.05, 3.63) is 60.2 Å². The summed E-state index contributed by atoms with van der Waals surface area (Å²) in [4.78, 5) is 17.8. The van der Waals surface area contributed by atoms with E-state index in [4.69, 9.17) is 4.74 Å². The van der Waals surface area contributed by atoms with Gasteiger partial charge in [-0.2, -0.15) is 10.1 Å². The highest BCUT2D eigenvalue weighted by molar-refractivity contribution is 6.08. The lowest BCUT2D eigenvalue weighted by Crippen LogP contribution is -2.51. The van der Waals surface area contributed by atoms with Gasteiger partial charge in [0.15, 0.2) is 0 Å². The number of ether oxygens (including phenoxy) is 1. The number of carbonyl (C=O) groups is 1. The van der Waals surface area contributed by atoms with Crippen LogP contribution in [0.15, 0.2) is 59.7 Å². The van der Waals surface area contributed by atoms with Crippen LogP contribution >= 0.6 is 0 Å². The Hall–Kier alpha value is -3.53. The molecule has 2 heterocycles. The fourth-order valence-corrected chi connectivity index (χ4v) is 3.56. The first-order valence-electron chi connectivity index (χ1n) is 9.50. The van der Waals surface area contributed by atoms with Gasteiger partial charge in [-0.1, -0.05) is 30.3 Å². The van der Waals surface area contributed by atoms with Crippen LogP contribution in [0.2, 0.25) is 0 Å². The quantitative estimate of drug-likeness (QED) is 0.591. The number of fused-ring (bicyclic) bond motifs is 1. The Morgan fingerprint density at radius 1 is 1.12 bits per heavy atom. The van der Waals surface area contributed by atoms with Gasteiger partial charge in [-0.05, 0) is 24.3 Å². The zero-order valence-electron chi connectivity index (χ0n) is 16.7. The molecule has 0 fully saturated rings. The second-order valence-electron chi connectivity index (χ2n) is 7.14. The molecule has 1 aliphatic rings. The molecule has 1 N–H and O–H groups in total. The number of methoxy groups -OCH3 is 1. The zero-order valence-corrected chi connectivity index (χ0v) is 16.7. The number of amides is 1. The molecule has 1 amide bonds. The Kier molecular flexibility index (Phi) is 5.55. The minimum Gasteiger partial charge on any atom is -0.496 e. The van der Waals surface area contributed by atoms with Gasteiger partial charge in [-0.25, -0.2) is 22.5 Å². The maximum Gasteiger partial charge on any atom is 0.287 e. The van der Waals surface area contributed by atoms with Crippen molar-refractivity contribution >= 4 is 22.5 Å². The molecule has 0 bridgehead atoms. The van der Waals surface area contributed by atoms with Gasteiger partial charge >= 0.3 is 0 Å². The van der Waals surface area contributed by atoms with Gasteiger partial charge in [0, 0.05) is 17.4 Å². The topological polar surface area (TPSA) is 75.0 Å². The number of hydrogen-bond donors (Lipinski definition) is 1. The minimum atomic E-state index is -3.52. The SMILES string of the molecule is COc1ccccc1-c1cc(C(=O)N2N=C(C(F)F)C[C@@]2(O)C(F)F)c2ccccc2n1. The lowest BCUT2D eigenvalue weighted by Gasteiger charge is -2.30. The summed E-state index contributed by atoms with van der Waals surface area (Å²) in [6, 6.07) is 14.6. The van der Waals surface area contributed by atoms with Gasteiger partial charge < -0.3 is 9.84 Å². The third-order valence-corrected chi connectivity index (χ3v) is 5.16. The van der Waals surface area contributed by atoms with Crippen molar-refractivity contribution in [3.8, 4) is 17.0 Å². The minimum absolute atomic E-state index is 0.0486. The normalized spacial score (nSPS) is 18.5. The van der Waals surface area contributed by atoms with Gasteiger partial charge in [-0.3, -0.25) is 4.79 Å². The summed E-state index contributed by atoms with van der Waals surface area (Å²) >= 11 is 0. The van der Waals surface area contributed by atoms with Crippen LogP contribution in [-0.4, -0.2) is 52.4 Å². The maximum absolute atomic E-state index is 13.7. The highest BCUT2D eigenvalue weighted by atomic mass is 19.3. The summed E-state index contributed by atoms with van der Waals surface area (Å²) in [5.74, 6) is -0.699. The number of nitrogens with zero attached hydrogens (tertiary/aromatic N) is 3. The van der Waals surface area contributed by atoms with Crippen LogP contribution in [0.4, 0.5) is 17.6 Å². The lowest BCUT2D eigenvalue weighted by atomic mass is 10.0. The third-order valence-electron chi connectivity index (χ3n) is 5.16. The number of para-hydroxylation sites is 2. The first kappa shape index (κ1) is 21.7. The van der Waals surface area contributed by atoms with Crippen LogP contribution in [-0.2, 0) is 0 Å². The number of aliphatic hydroxyl groups is 1. The number of alkyl halides is 4. The number of aromatic nitrogens is 1. The predicted molar refractivity (Wildman–Crippen MR) is 109 cm³/mol. The van der Waals surface area contributed by atoms with Crippen molar-refractivity contribution in [1.29, 1.82) is 0 Å². The molecule has 1 atom stereocenters. The third kappa shape index (κ3) is 3.56. The van der Waals surface area contributed by atoms with Crippen molar-refractivity contribution in [3.63, 3.8) is 0 Å². The highest BCUT2D eigenvalue weighted by Gasteiger charge is 2.53. The molecule has 6 nitrogen and oxygen atoms in total. The van der Waals surface area contributed by atoms with Crippen LogP contribution in [0.3, 0.4) is 0 Å². The number of halogens is 4. The van der Waals surface area contributed by atoms with Crippen molar-refractivity contribution < 1.29 is 32.2 Å². The first-order chi connectivity index (χ1) is 15.3. The Morgan fingerprint density at radius 3 is 2.50 bits per heavy atom. The van der Waals surface area contributed by atoms with E-state index in [2.05, 4.69) is 10.1 Å². The summed E-state index contributed by atoms with van der Waals surface area (Å²) in [5.41, 5.74) is -3.13. The fourth-order valence-electron chi connectivity index (χ4n) is 3.56. The number of hydrogen-bond acceptors (Lipinski definition) is 5. The van der Waals surface area contributed by atoms with Crippen molar-refractivity contribution in [2.45, 2.75) is 25.0 Å². The number of hydrazone groups is 1. The van der Waals surface area contributed by atoms with Gasteiger partial charge in [0.2, 0.25) is 5.72 Å². The van der Waals surface area contributed by atoms with E-state index < -0.39 is 36.6 Å². The van der Waals surface area contributed by atoms with Crippen LogP contribution in [0.1, 0.15) is 16.8 Å². The first-order valence-corrected chi connectivity index (χ1v) is 9.50. The molecule has 3 aromatic rings. The highest BCUT2D eigenvalue weighted by Crippen LogP contribution is 2.37. The largest absolute Gasteiger partial charge is 0.496 e. The molecular formula is C22H17F4N3O3. The van der Waals surface area contributed by atoms with Crippen molar-refractivity contribution in [1.82, 2.24) is 9.99 Å². The monoisotopic (exact) mass is 447 g/mol. The van der Waals surface area contributed by atoms with E-state index in [1.807, 2.05) is 0 Å². The molecule has 10 heteroatoms. The smallest absolute Gasteiger partial charge is 0.287 e. The van der Waals surface area contributed by atoms with Gasteiger partial charge in [0.1, 0.15) is 11.5 Å². The summed E-state index contributed by atoms with van der Waals surface area (Å²) in [7, 11) is 1.46. The number of pyridine rings is 1. The van der Waals surface area contributed by atoms with E-state index in [1.54, 1.807) is 42.5 Å². The average molecular weight is 447 g/mol. The Balaban J connectivity index is 1.91. The fraction of sp³-hybridized carbons (Fsp3) is 0.227. The predicted octanol–water partition coefficient (Wildman–Crippen LogP) is 4.33. The van der Waals surface area contributed by atoms with Crippen molar-refractivity contribution in [2.24, 2.45) is 5.10 Å². The second kappa shape index (κ2) is 8.19. The van der Waals surface area contributed by atoms with Crippen molar-refractivity contribution in [2.75, 3.05) is 7.11 Å². The number of carbonyl (C=O) groups excluding carboxylic acids is 1. The van der Waals surface area contributed by atoms with Gasteiger partial charge in [0.05, 0.1) is 23.9 Å². The van der Waals surface area contributed by atoms with Gasteiger partial charge in [-0.15, -0.1) is 0 Å². The summed E-state index contributed by atoms with van der Waals surface area (Å²) in [6.45, 7) is 0. The molecule has 4 rings (SSSR count). The molecular weight excluding hydrogens is 430 g/mol. The molecule has 2 aromatic carbocycles. The van der Waals surface area contributed by atoms with Crippen LogP contribution in [0, 0.1) is 0 Å². The molecule has 0 saturated carbocycles. The molecule has 0 aliphatic carbocycles. The molecule has 0 unspecified atom stereocenters. The molecule has 32 heavy (non-hydrogen) atoms. The average Bonchev–Trinajstić information content (AvgIpc) is 3.17. The zero-order chi connectivity index (χ0) is 23.0. The van der Waals surface area contributed by atoms with E-state index in [1.165, 1.54) is 19.2 Å². The maximum atomic E-state index is 13.7. The molecule has 1 aromatic heterocycles. The Morgan fingerprint density at radius 2 is 1.81 bits per heavy atom. The van der Waals surface area contributed by atoms with Crippen LogP contribution in [0.25, 0.3) is 22.2 Å². The lowest BCUT2D eigenvalue weighted by molar-refractivity contribution is -0.164. The molecule has 0 saturated heterocycles. The second-order valence-corrected chi connectivity index (χ2v) is 7.14. The van der Waals surface area contributed by atoms with E-state index >= 15 is 0 Å². The van der Waals surface area contributed by atoms with Crippen LogP contribution < -0.4 is 4.74 Å². The number of benzene rings is 2. The molecule has 1 aliphatic heterocycles. The van der Waals surface area contributed by atoms with E-state index in [-0.39, 0.29) is 16.0 Å². The number of rotatable bonds is 5. The van der Waals surface area contributed by atoms with E-state index in [0.717, 1.165) is 0 Å². The Labute approximate surface area is 179 Å². The summed E-state index contributed by atoms with van der Waals surface area (Å²) in [6.07, 6.45) is -7.87. The standard InChI is InChI=1S/C22H17F4N3O3/c1-32-18-9-5-3-7-13(18)16-10-14(12-6-2-4-8-15(12)27-16)20(30)29-22(31,21(25)26)11-17(28-29)19(23)24/h2-10,19,21,31H,11H2,1H3/t22-/m1/s1. The Bertz CT molecular complexity index is 1220. The van der Waals surface area contributed by atoms with Gasteiger partial charge in [0.25, 0.3) is 18.8 Å².